The Morgan fingerprint density at radius 1 is 0.523 bits per heavy atom. The molecule has 4 heteroatoms. The topological polar surface area (TPSA) is 69.6 Å². The molecule has 0 heterocycles. The molecule has 0 saturated heterocycles. The number of hydrogen-bond donors (Lipinski definition) is 3. The third-order valence-electron chi connectivity index (χ3n) is 8.94. The molecule has 0 rings (SSSR count). The van der Waals surface area contributed by atoms with Crippen molar-refractivity contribution in [2.45, 2.75) is 219 Å². The lowest BCUT2D eigenvalue weighted by Crippen LogP contribution is -2.45. The molecule has 0 aliphatic rings. The van der Waals surface area contributed by atoms with E-state index < -0.39 is 12.1 Å². The Hall–Kier alpha value is -1.13. The SMILES string of the molecule is CCCCCCCCCC=CCCC=CC(O)C(CO)NC(=O)CCCCCCCCCCCCCCCCCCCCC. The maximum absolute atomic E-state index is 12.3. The minimum Gasteiger partial charge on any atom is -0.394 e. The normalized spacial score (nSPS) is 13.3. The third kappa shape index (κ3) is 32.3. The highest BCUT2D eigenvalue weighted by Crippen LogP contribution is 2.15. The monoisotopic (exact) mass is 620 g/mol. The zero-order valence-corrected chi connectivity index (χ0v) is 29.7. The molecule has 0 radical (unpaired) electrons. The number of hydrogen-bond acceptors (Lipinski definition) is 3. The van der Waals surface area contributed by atoms with E-state index in [0.717, 1.165) is 32.1 Å². The Balaban J connectivity index is 3.59. The van der Waals surface area contributed by atoms with E-state index in [4.69, 9.17) is 0 Å². The molecule has 0 aliphatic heterocycles. The summed E-state index contributed by atoms with van der Waals surface area (Å²) in [6, 6.07) is -0.632. The first-order valence-electron chi connectivity index (χ1n) is 19.6. The molecule has 0 aromatic heterocycles. The van der Waals surface area contributed by atoms with Gasteiger partial charge in [0.05, 0.1) is 18.8 Å². The molecule has 44 heavy (non-hydrogen) atoms. The van der Waals surface area contributed by atoms with Crippen LogP contribution < -0.4 is 5.32 Å². The fourth-order valence-corrected chi connectivity index (χ4v) is 5.90. The molecule has 0 aromatic carbocycles. The molecule has 4 nitrogen and oxygen atoms in total. The van der Waals surface area contributed by atoms with Crippen LogP contribution in [0.5, 0.6) is 0 Å². The summed E-state index contributed by atoms with van der Waals surface area (Å²) >= 11 is 0. The van der Waals surface area contributed by atoms with Gasteiger partial charge in [0.2, 0.25) is 5.91 Å². The van der Waals surface area contributed by atoms with Gasteiger partial charge in [-0.3, -0.25) is 4.79 Å². The smallest absolute Gasteiger partial charge is 0.220 e. The summed E-state index contributed by atoms with van der Waals surface area (Å²) in [6.45, 7) is 4.29. The number of rotatable bonds is 35. The Kier molecular flexibility index (Phi) is 35.4. The van der Waals surface area contributed by atoms with Crippen LogP contribution in [0.4, 0.5) is 0 Å². The van der Waals surface area contributed by atoms with Crippen molar-refractivity contribution < 1.29 is 15.0 Å². The van der Waals surface area contributed by atoms with Crippen molar-refractivity contribution in [3.63, 3.8) is 0 Å². The van der Waals surface area contributed by atoms with Crippen molar-refractivity contribution in [1.82, 2.24) is 5.32 Å². The van der Waals surface area contributed by atoms with Crippen molar-refractivity contribution in [3.8, 4) is 0 Å². The quantitative estimate of drug-likeness (QED) is 0.0488. The average molecular weight is 620 g/mol. The van der Waals surface area contributed by atoms with Gasteiger partial charge in [-0.15, -0.1) is 0 Å². The summed E-state index contributed by atoms with van der Waals surface area (Å²) in [7, 11) is 0. The summed E-state index contributed by atoms with van der Waals surface area (Å²) in [5.41, 5.74) is 0. The summed E-state index contributed by atoms with van der Waals surface area (Å²) < 4.78 is 0. The van der Waals surface area contributed by atoms with Gasteiger partial charge >= 0.3 is 0 Å². The predicted octanol–water partition coefficient (Wildman–Crippen LogP) is 11.7. The largest absolute Gasteiger partial charge is 0.394 e. The van der Waals surface area contributed by atoms with E-state index in [1.165, 1.54) is 154 Å². The summed E-state index contributed by atoms with van der Waals surface area (Å²) in [5.74, 6) is -0.0724. The number of carbonyl (C=O) groups excluding carboxylic acids is 1. The van der Waals surface area contributed by atoms with Crippen molar-refractivity contribution in [3.05, 3.63) is 24.3 Å². The fraction of sp³-hybridized carbons (Fsp3) is 0.875. The molecular formula is C40H77NO3. The lowest BCUT2D eigenvalue weighted by atomic mass is 10.0. The molecule has 0 saturated carbocycles. The van der Waals surface area contributed by atoms with Gasteiger partial charge in [-0.05, 0) is 32.1 Å². The molecule has 0 aromatic rings. The van der Waals surface area contributed by atoms with Crippen LogP contribution in [-0.4, -0.2) is 34.9 Å². The number of unbranched alkanes of at least 4 members (excludes halogenated alkanes) is 26. The molecule has 260 valence electrons. The van der Waals surface area contributed by atoms with Gasteiger partial charge in [-0.2, -0.15) is 0 Å². The molecule has 0 fully saturated rings. The van der Waals surface area contributed by atoms with Crippen molar-refractivity contribution >= 4 is 5.91 Å². The first kappa shape index (κ1) is 42.9. The van der Waals surface area contributed by atoms with Gasteiger partial charge in [-0.25, -0.2) is 0 Å². The van der Waals surface area contributed by atoms with Gasteiger partial charge in [0.25, 0.3) is 0 Å². The first-order valence-corrected chi connectivity index (χ1v) is 19.6. The van der Waals surface area contributed by atoms with E-state index in [2.05, 4.69) is 31.3 Å². The second-order valence-electron chi connectivity index (χ2n) is 13.3. The van der Waals surface area contributed by atoms with Crippen LogP contribution in [0.3, 0.4) is 0 Å². The van der Waals surface area contributed by atoms with Crippen LogP contribution >= 0.6 is 0 Å². The van der Waals surface area contributed by atoms with E-state index in [0.29, 0.717) is 6.42 Å². The molecule has 3 N–H and O–H groups in total. The molecule has 0 aliphatic carbocycles. The van der Waals surface area contributed by atoms with E-state index >= 15 is 0 Å². The molecule has 0 spiro atoms. The van der Waals surface area contributed by atoms with Gasteiger partial charge < -0.3 is 15.5 Å². The van der Waals surface area contributed by atoms with Crippen LogP contribution in [0.1, 0.15) is 206 Å². The molecule has 1 amide bonds. The van der Waals surface area contributed by atoms with Gasteiger partial charge in [-0.1, -0.05) is 192 Å². The maximum Gasteiger partial charge on any atom is 0.220 e. The Morgan fingerprint density at radius 2 is 0.886 bits per heavy atom. The van der Waals surface area contributed by atoms with Crippen molar-refractivity contribution in [2.75, 3.05) is 6.61 Å². The predicted molar refractivity (Wildman–Crippen MR) is 193 cm³/mol. The number of nitrogens with one attached hydrogen (secondary N) is 1. The number of aliphatic hydroxyl groups excluding tert-OH is 2. The minimum atomic E-state index is -0.856. The second kappa shape index (κ2) is 36.3. The van der Waals surface area contributed by atoms with Gasteiger partial charge in [0, 0.05) is 6.42 Å². The summed E-state index contributed by atoms with van der Waals surface area (Å²) in [6.07, 6.45) is 45.6. The number of allylic oxidation sites excluding steroid dienone is 3. The fourth-order valence-electron chi connectivity index (χ4n) is 5.90. The lowest BCUT2D eigenvalue weighted by Gasteiger charge is -2.19. The molecule has 2 atom stereocenters. The van der Waals surface area contributed by atoms with Crippen LogP contribution in [0.15, 0.2) is 24.3 Å². The Morgan fingerprint density at radius 3 is 1.32 bits per heavy atom. The first-order chi connectivity index (χ1) is 21.7. The lowest BCUT2D eigenvalue weighted by molar-refractivity contribution is -0.123. The zero-order chi connectivity index (χ0) is 32.2. The van der Waals surface area contributed by atoms with E-state index in [9.17, 15) is 15.0 Å². The highest BCUT2D eigenvalue weighted by Gasteiger charge is 2.17. The van der Waals surface area contributed by atoms with E-state index in [-0.39, 0.29) is 12.5 Å². The second-order valence-corrected chi connectivity index (χ2v) is 13.3. The Bertz CT molecular complexity index is 632. The standard InChI is InChI=1S/C40H77NO3/c1-3-5-7-9-11-13-15-17-18-19-20-21-22-24-26-28-30-32-34-36-40(44)41-38(37-42)39(43)35-33-31-29-27-25-23-16-14-12-10-8-6-4-2/h25,27,33,35,38-39,42-43H,3-24,26,28-32,34,36-37H2,1-2H3,(H,41,44). The maximum atomic E-state index is 12.3. The summed E-state index contributed by atoms with van der Waals surface area (Å²) in [5, 5.41) is 22.9. The van der Waals surface area contributed by atoms with Crippen molar-refractivity contribution in [2.24, 2.45) is 0 Å². The summed E-state index contributed by atoms with van der Waals surface area (Å²) in [4.78, 5) is 12.3. The number of amides is 1. The van der Waals surface area contributed by atoms with E-state index in [1.54, 1.807) is 6.08 Å². The highest BCUT2D eigenvalue weighted by molar-refractivity contribution is 5.76. The molecule has 2 unspecified atom stereocenters. The van der Waals surface area contributed by atoms with Crippen LogP contribution in [-0.2, 0) is 4.79 Å². The van der Waals surface area contributed by atoms with Crippen LogP contribution in [0, 0.1) is 0 Å². The van der Waals surface area contributed by atoms with Crippen molar-refractivity contribution in [1.29, 1.82) is 0 Å². The third-order valence-corrected chi connectivity index (χ3v) is 8.94. The van der Waals surface area contributed by atoms with Gasteiger partial charge in [0.1, 0.15) is 0 Å². The average Bonchev–Trinajstić information content (AvgIpc) is 3.03. The van der Waals surface area contributed by atoms with Crippen LogP contribution in [0.25, 0.3) is 0 Å². The van der Waals surface area contributed by atoms with Crippen LogP contribution in [0.2, 0.25) is 0 Å². The molecule has 0 bridgehead atoms. The zero-order valence-electron chi connectivity index (χ0n) is 29.7. The highest BCUT2D eigenvalue weighted by atomic mass is 16.3. The van der Waals surface area contributed by atoms with Gasteiger partial charge in [0.15, 0.2) is 0 Å². The van der Waals surface area contributed by atoms with E-state index in [1.807, 2.05) is 6.08 Å². The number of carbonyl (C=O) groups is 1. The molecular weight excluding hydrogens is 542 g/mol. The number of aliphatic hydroxyl groups is 2. The Labute approximate surface area is 275 Å². The minimum absolute atomic E-state index is 0.0724.